The summed E-state index contributed by atoms with van der Waals surface area (Å²) in [6.45, 7) is 0.681. The fourth-order valence-electron chi connectivity index (χ4n) is 2.85. The molecular formula is C23H20N2O3. The minimum atomic E-state index is -0.211. The van der Waals surface area contributed by atoms with Gasteiger partial charge in [0.25, 0.3) is 5.91 Å². The van der Waals surface area contributed by atoms with Gasteiger partial charge in [0.15, 0.2) is 0 Å². The molecule has 28 heavy (non-hydrogen) atoms. The number of carbonyl (C=O) groups excluding carboxylic acids is 1. The van der Waals surface area contributed by atoms with Crippen molar-refractivity contribution in [2.24, 2.45) is 0 Å². The molecule has 1 N–H and O–H groups in total. The van der Waals surface area contributed by atoms with Crippen molar-refractivity contribution in [2.45, 2.75) is 0 Å². The number of hydrogen-bond donors (Lipinski definition) is 1. The first-order chi connectivity index (χ1) is 13.7. The Kier molecular flexibility index (Phi) is 6.27. The molecule has 0 heterocycles. The molecule has 0 aliphatic carbocycles. The topological polar surface area (TPSA) is 71.3 Å². The normalized spacial score (nSPS) is 10.0. The molecule has 5 heteroatoms. The maximum Gasteiger partial charge on any atom is 0.252 e. The highest BCUT2D eigenvalue weighted by molar-refractivity contribution is 6.01. The van der Waals surface area contributed by atoms with Crippen molar-refractivity contribution in [2.75, 3.05) is 20.3 Å². The number of nitrogens with zero attached hydrogens (tertiary/aromatic N) is 1. The van der Waals surface area contributed by atoms with Crippen LogP contribution in [0.15, 0.2) is 72.8 Å². The molecule has 0 radical (unpaired) electrons. The Morgan fingerprint density at radius 1 is 0.964 bits per heavy atom. The molecule has 0 saturated heterocycles. The fraction of sp³-hybridized carbons (Fsp3) is 0.130. The van der Waals surface area contributed by atoms with Gasteiger partial charge in [-0.2, -0.15) is 5.26 Å². The zero-order chi connectivity index (χ0) is 19.8. The summed E-state index contributed by atoms with van der Waals surface area (Å²) < 4.78 is 10.8. The van der Waals surface area contributed by atoms with E-state index in [4.69, 9.17) is 9.47 Å². The number of nitrogens with one attached hydrogen (secondary N) is 1. The Morgan fingerprint density at radius 2 is 1.68 bits per heavy atom. The zero-order valence-electron chi connectivity index (χ0n) is 15.5. The van der Waals surface area contributed by atoms with E-state index >= 15 is 0 Å². The molecular weight excluding hydrogens is 352 g/mol. The number of rotatable bonds is 7. The van der Waals surface area contributed by atoms with Crippen molar-refractivity contribution in [3.05, 3.63) is 83.9 Å². The van der Waals surface area contributed by atoms with Crippen molar-refractivity contribution in [3.8, 4) is 28.7 Å². The lowest BCUT2D eigenvalue weighted by Gasteiger charge is -2.12. The van der Waals surface area contributed by atoms with Gasteiger partial charge >= 0.3 is 0 Å². The number of hydrogen-bond acceptors (Lipinski definition) is 4. The van der Waals surface area contributed by atoms with E-state index in [2.05, 4.69) is 11.4 Å². The molecule has 5 nitrogen and oxygen atoms in total. The van der Waals surface area contributed by atoms with E-state index < -0.39 is 0 Å². The Labute approximate surface area is 164 Å². The first-order valence-electron chi connectivity index (χ1n) is 8.86. The van der Waals surface area contributed by atoms with Crippen molar-refractivity contribution in [1.29, 1.82) is 5.26 Å². The molecule has 0 saturated carbocycles. The van der Waals surface area contributed by atoms with Crippen LogP contribution in [0.4, 0.5) is 0 Å². The van der Waals surface area contributed by atoms with Crippen LogP contribution in [0.3, 0.4) is 0 Å². The van der Waals surface area contributed by atoms with Crippen LogP contribution < -0.4 is 14.8 Å². The molecule has 3 rings (SSSR count). The number of methoxy groups -OCH3 is 1. The molecule has 3 aromatic rings. The van der Waals surface area contributed by atoms with E-state index in [1.807, 2.05) is 42.5 Å². The summed E-state index contributed by atoms with van der Waals surface area (Å²) in [5, 5.41) is 12.2. The Bertz CT molecular complexity index is 1010. The Balaban J connectivity index is 1.66. The zero-order valence-corrected chi connectivity index (χ0v) is 15.5. The predicted molar refractivity (Wildman–Crippen MR) is 107 cm³/mol. The second-order valence-corrected chi connectivity index (χ2v) is 5.99. The average Bonchev–Trinajstić information content (AvgIpc) is 2.76. The minimum Gasteiger partial charge on any atom is -0.497 e. The molecule has 0 aliphatic rings. The Hall–Kier alpha value is -3.78. The summed E-state index contributed by atoms with van der Waals surface area (Å²) in [4.78, 5) is 12.7. The highest BCUT2D eigenvalue weighted by Crippen LogP contribution is 2.26. The maximum absolute atomic E-state index is 12.7. The maximum atomic E-state index is 12.7. The summed E-state index contributed by atoms with van der Waals surface area (Å²) in [7, 11) is 1.60. The summed E-state index contributed by atoms with van der Waals surface area (Å²) >= 11 is 0. The predicted octanol–water partition coefficient (Wildman–Crippen LogP) is 4.04. The molecule has 0 atom stereocenters. The molecule has 0 aliphatic heterocycles. The summed E-state index contributed by atoms with van der Waals surface area (Å²) in [5.74, 6) is 1.18. The van der Waals surface area contributed by atoms with Crippen LogP contribution in [-0.2, 0) is 0 Å². The molecule has 0 fully saturated rings. The molecule has 0 spiro atoms. The van der Waals surface area contributed by atoms with Crippen LogP contribution >= 0.6 is 0 Å². The van der Waals surface area contributed by atoms with Crippen LogP contribution in [0.5, 0.6) is 11.5 Å². The summed E-state index contributed by atoms with van der Waals surface area (Å²) in [6, 6.07) is 24.0. The standard InChI is InChI=1S/C23H20N2O3/c1-27-18-8-6-9-19(15-18)28-14-13-25-23(26)22-12-5-4-11-21(22)20-10-3-2-7-17(20)16-24/h2-12,15H,13-14H2,1H3,(H,25,26). The van der Waals surface area contributed by atoms with Gasteiger partial charge in [0.05, 0.1) is 25.3 Å². The number of amides is 1. The first-order valence-corrected chi connectivity index (χ1v) is 8.86. The number of carbonyl (C=O) groups is 1. The van der Waals surface area contributed by atoms with Crippen LogP contribution in [0.25, 0.3) is 11.1 Å². The van der Waals surface area contributed by atoms with Gasteiger partial charge < -0.3 is 14.8 Å². The molecule has 1 amide bonds. The lowest BCUT2D eigenvalue weighted by atomic mass is 9.95. The first kappa shape index (κ1) is 19.0. The van der Waals surface area contributed by atoms with Gasteiger partial charge in [0.2, 0.25) is 0 Å². The highest BCUT2D eigenvalue weighted by Gasteiger charge is 2.14. The SMILES string of the molecule is COc1cccc(OCCNC(=O)c2ccccc2-c2ccccc2C#N)c1. The van der Waals surface area contributed by atoms with E-state index in [1.54, 1.807) is 37.4 Å². The van der Waals surface area contributed by atoms with E-state index in [0.717, 1.165) is 11.1 Å². The lowest BCUT2D eigenvalue weighted by Crippen LogP contribution is -2.28. The number of benzene rings is 3. The van der Waals surface area contributed by atoms with E-state index in [0.29, 0.717) is 35.8 Å². The second-order valence-electron chi connectivity index (χ2n) is 5.99. The average molecular weight is 372 g/mol. The van der Waals surface area contributed by atoms with E-state index in [-0.39, 0.29) is 5.91 Å². The lowest BCUT2D eigenvalue weighted by molar-refractivity contribution is 0.0947. The third-order valence-electron chi connectivity index (χ3n) is 4.21. The van der Waals surface area contributed by atoms with Crippen LogP contribution in [0.1, 0.15) is 15.9 Å². The third-order valence-corrected chi connectivity index (χ3v) is 4.21. The van der Waals surface area contributed by atoms with E-state index in [9.17, 15) is 10.1 Å². The third kappa shape index (κ3) is 4.49. The van der Waals surface area contributed by atoms with Crippen molar-refractivity contribution in [3.63, 3.8) is 0 Å². The van der Waals surface area contributed by atoms with Gasteiger partial charge in [-0.3, -0.25) is 4.79 Å². The smallest absolute Gasteiger partial charge is 0.252 e. The molecule has 0 aromatic heterocycles. The van der Waals surface area contributed by atoms with Crippen LogP contribution in [-0.4, -0.2) is 26.2 Å². The van der Waals surface area contributed by atoms with Gasteiger partial charge in [-0.05, 0) is 29.8 Å². The summed E-state index contributed by atoms with van der Waals surface area (Å²) in [6.07, 6.45) is 0. The van der Waals surface area contributed by atoms with Crippen molar-refractivity contribution in [1.82, 2.24) is 5.32 Å². The monoisotopic (exact) mass is 372 g/mol. The van der Waals surface area contributed by atoms with Gasteiger partial charge in [-0.15, -0.1) is 0 Å². The molecule has 3 aromatic carbocycles. The largest absolute Gasteiger partial charge is 0.497 e. The van der Waals surface area contributed by atoms with Gasteiger partial charge in [0.1, 0.15) is 18.1 Å². The molecule has 0 bridgehead atoms. The second kappa shape index (κ2) is 9.24. The minimum absolute atomic E-state index is 0.211. The number of ether oxygens (including phenoxy) is 2. The quantitative estimate of drug-likeness (QED) is 0.635. The van der Waals surface area contributed by atoms with Crippen LogP contribution in [0.2, 0.25) is 0 Å². The van der Waals surface area contributed by atoms with Crippen LogP contribution in [0, 0.1) is 11.3 Å². The Morgan fingerprint density at radius 3 is 2.46 bits per heavy atom. The van der Waals surface area contributed by atoms with E-state index in [1.165, 1.54) is 0 Å². The van der Waals surface area contributed by atoms with Gasteiger partial charge in [0, 0.05) is 17.2 Å². The van der Waals surface area contributed by atoms with Gasteiger partial charge in [-0.25, -0.2) is 0 Å². The fourth-order valence-corrected chi connectivity index (χ4v) is 2.85. The molecule has 140 valence electrons. The van der Waals surface area contributed by atoms with Crippen molar-refractivity contribution >= 4 is 5.91 Å². The molecule has 0 unspecified atom stereocenters. The van der Waals surface area contributed by atoms with Crippen molar-refractivity contribution < 1.29 is 14.3 Å². The highest BCUT2D eigenvalue weighted by atomic mass is 16.5. The summed E-state index contributed by atoms with van der Waals surface area (Å²) in [5.41, 5.74) is 2.52. The number of nitriles is 1. The van der Waals surface area contributed by atoms with Gasteiger partial charge in [-0.1, -0.05) is 42.5 Å².